The van der Waals surface area contributed by atoms with Crippen molar-refractivity contribution in [3.63, 3.8) is 0 Å². The number of rotatable bonds is 9. The van der Waals surface area contributed by atoms with Crippen LogP contribution in [-0.4, -0.2) is 107 Å². The van der Waals surface area contributed by atoms with E-state index in [0.717, 1.165) is 17.0 Å². The zero-order chi connectivity index (χ0) is 27.8. The monoisotopic (exact) mass is 596 g/mol. The Hall–Kier alpha value is -3.44. The van der Waals surface area contributed by atoms with E-state index >= 15 is 0 Å². The van der Waals surface area contributed by atoms with E-state index in [1.807, 2.05) is 45.8 Å². The van der Waals surface area contributed by atoms with Crippen LogP contribution in [0.4, 0.5) is 5.13 Å². The Kier molecular flexibility index (Phi) is 8.84. The van der Waals surface area contributed by atoms with Crippen molar-refractivity contribution in [2.75, 3.05) is 11.5 Å². The molecule has 1 fully saturated rings. The van der Waals surface area contributed by atoms with E-state index < -0.39 is 41.3 Å². The van der Waals surface area contributed by atoms with Crippen LogP contribution in [0.2, 0.25) is 0 Å². The van der Waals surface area contributed by atoms with Crippen molar-refractivity contribution in [1.82, 2.24) is 19.8 Å². The number of oxime groups is 1. The summed E-state index contributed by atoms with van der Waals surface area (Å²) in [6, 6.07) is 4.61. The van der Waals surface area contributed by atoms with Gasteiger partial charge in [-0.05, 0) is 13.0 Å². The molecule has 17 heteroatoms. The van der Waals surface area contributed by atoms with Gasteiger partial charge in [0.2, 0.25) is 6.10 Å². The second kappa shape index (κ2) is 12.0. The van der Waals surface area contributed by atoms with Gasteiger partial charge in [0.1, 0.15) is 41.7 Å². The molecule has 0 bridgehead atoms. The predicted molar refractivity (Wildman–Crippen MR) is 146 cm³/mol. The molecule has 1 saturated heterocycles. The number of nitrogens with one attached hydrogen (secondary N) is 1. The first-order valence-electron chi connectivity index (χ1n) is 11.5. The summed E-state index contributed by atoms with van der Waals surface area (Å²) >= 11 is 2.36. The van der Waals surface area contributed by atoms with Crippen LogP contribution in [0.25, 0.3) is 5.65 Å². The number of nitrogens with two attached hydrogens (primary N) is 1. The number of hydrogen-bond acceptors (Lipinski definition) is 10. The van der Waals surface area contributed by atoms with Crippen molar-refractivity contribution in [3.05, 3.63) is 59.1 Å². The summed E-state index contributed by atoms with van der Waals surface area (Å²) in [5.74, 6) is -3.66. The Labute approximate surface area is 256 Å². The fourth-order valence-electron chi connectivity index (χ4n) is 4.18. The van der Waals surface area contributed by atoms with Crippen LogP contribution in [0.15, 0.2) is 58.6 Å². The number of carboxylic acid groups (broad SMARTS) is 2. The number of carbonyl (C=O) groups excluding carboxylic acids is 2. The molecule has 2 amide bonds. The molecule has 0 aliphatic carbocycles. The van der Waals surface area contributed by atoms with Gasteiger partial charge in [0.25, 0.3) is 17.5 Å². The van der Waals surface area contributed by atoms with Crippen LogP contribution < -0.4 is 15.5 Å². The van der Waals surface area contributed by atoms with Crippen LogP contribution in [0, 0.1) is 0 Å². The first-order chi connectivity index (χ1) is 18.7. The molecule has 5 heterocycles. The molecule has 5 N–H and O–H groups in total. The van der Waals surface area contributed by atoms with Crippen LogP contribution in [0.5, 0.6) is 0 Å². The van der Waals surface area contributed by atoms with Gasteiger partial charge in [-0.1, -0.05) is 11.2 Å². The number of nitrogens with zero attached hydrogens (tertiary/aromatic N) is 5. The number of hydrogen-bond donors (Lipinski definition) is 4. The minimum atomic E-state index is -1.35. The third kappa shape index (κ3) is 5.57. The summed E-state index contributed by atoms with van der Waals surface area (Å²) < 4.78 is 3.79. The standard InChI is InChI=1S/C23H21N7O7S2.Na.H/c1-11(21(33)34)37-27-15(13-10-39-23(24)25-13)18(31)26-16-19(32)30-17(22(35)36)12(9-38-20(16)30)8-29-7-6-28-5-3-2-4-14(28)29;;/h2-7,10-11,16,20H,8-9H2,1H3,(H4-,24,25,26,31,33,34,35,36);;/p+1/b27-15-;;/t11?,16-,20-;;/m1../s1. The van der Waals surface area contributed by atoms with E-state index in [4.69, 9.17) is 15.7 Å². The molecule has 2 aliphatic heterocycles. The van der Waals surface area contributed by atoms with Crippen molar-refractivity contribution in [2.24, 2.45) is 5.16 Å². The quantitative estimate of drug-likeness (QED) is 0.0803. The molecule has 40 heavy (non-hydrogen) atoms. The topological polar surface area (TPSA) is 194 Å². The molecule has 0 spiro atoms. The maximum absolute atomic E-state index is 13.1. The molecule has 14 nitrogen and oxygen atoms in total. The van der Waals surface area contributed by atoms with Crippen molar-refractivity contribution < 1.29 is 38.6 Å². The van der Waals surface area contributed by atoms with Gasteiger partial charge < -0.3 is 26.1 Å². The fraction of sp³-hybridized carbons (Fsp3) is 0.261. The summed E-state index contributed by atoms with van der Waals surface area (Å²) in [5.41, 5.74) is 6.63. The van der Waals surface area contributed by atoms with E-state index in [9.17, 15) is 24.3 Å². The molecule has 3 aromatic rings. The molecule has 5 rings (SSSR count). The summed E-state index contributed by atoms with van der Waals surface area (Å²) in [4.78, 5) is 59.7. The second-order valence-electron chi connectivity index (χ2n) is 8.61. The average molecular weight is 597 g/mol. The van der Waals surface area contributed by atoms with Crippen LogP contribution in [-0.2, 0) is 30.6 Å². The number of fused-ring (bicyclic) bond motifs is 2. The van der Waals surface area contributed by atoms with Gasteiger partial charge in [-0.3, -0.25) is 14.5 Å². The van der Waals surface area contributed by atoms with Gasteiger partial charge in [-0.25, -0.2) is 23.5 Å². The average Bonchev–Trinajstić information content (AvgIpc) is 3.52. The molecular formula is C23H23N7NaO7S2+. The van der Waals surface area contributed by atoms with Gasteiger partial charge in [0, 0.05) is 22.8 Å². The normalized spacial score (nSPS) is 19.4. The maximum atomic E-state index is 13.1. The van der Waals surface area contributed by atoms with Crippen molar-refractivity contribution in [3.8, 4) is 0 Å². The number of carboxylic acids is 2. The van der Waals surface area contributed by atoms with Gasteiger partial charge >= 0.3 is 41.5 Å². The number of anilines is 1. The molecule has 0 saturated carbocycles. The van der Waals surface area contributed by atoms with Gasteiger partial charge in [-0.15, -0.1) is 23.1 Å². The van der Waals surface area contributed by atoms with E-state index in [0.29, 0.717) is 11.3 Å². The predicted octanol–water partition coefficient (Wildman–Crippen LogP) is -0.750. The number of aliphatic carboxylic acids is 2. The van der Waals surface area contributed by atoms with Crippen molar-refractivity contribution in [1.29, 1.82) is 0 Å². The van der Waals surface area contributed by atoms with Crippen LogP contribution in [0.1, 0.15) is 12.6 Å². The first kappa shape index (κ1) is 29.5. The van der Waals surface area contributed by atoms with Gasteiger partial charge in [0.05, 0.1) is 6.20 Å². The molecule has 3 atom stereocenters. The number of amides is 2. The minimum absolute atomic E-state index is 0. The summed E-state index contributed by atoms with van der Waals surface area (Å²) in [7, 11) is 0. The third-order valence-electron chi connectivity index (χ3n) is 6.10. The summed E-state index contributed by atoms with van der Waals surface area (Å²) in [5, 5.41) is 26.2. The zero-order valence-corrected chi connectivity index (χ0v) is 21.9. The van der Waals surface area contributed by atoms with Crippen LogP contribution in [0.3, 0.4) is 0 Å². The van der Waals surface area contributed by atoms with Gasteiger partial charge in [0.15, 0.2) is 10.8 Å². The number of carbonyl (C=O) groups is 4. The molecular weight excluding hydrogens is 573 g/mol. The number of aromatic nitrogens is 3. The number of β-lactam (4-membered cyclic amide) rings is 1. The van der Waals surface area contributed by atoms with Crippen LogP contribution >= 0.6 is 23.1 Å². The summed E-state index contributed by atoms with van der Waals surface area (Å²) in [6.07, 6.45) is 4.21. The van der Waals surface area contributed by atoms with E-state index in [1.165, 1.54) is 29.0 Å². The van der Waals surface area contributed by atoms with Crippen molar-refractivity contribution >= 4 is 92.9 Å². The van der Waals surface area contributed by atoms with Gasteiger partial charge in [-0.2, -0.15) is 0 Å². The molecule has 1 unspecified atom stereocenters. The zero-order valence-electron chi connectivity index (χ0n) is 20.3. The summed E-state index contributed by atoms with van der Waals surface area (Å²) in [6.45, 7) is 1.50. The third-order valence-corrected chi connectivity index (χ3v) is 8.11. The number of nitrogen functional groups attached to an aromatic ring is 1. The van der Waals surface area contributed by atoms with Crippen molar-refractivity contribution in [2.45, 2.75) is 31.0 Å². The second-order valence-corrected chi connectivity index (χ2v) is 10.6. The molecule has 0 aromatic carbocycles. The molecule has 0 radical (unpaired) electrons. The first-order valence-corrected chi connectivity index (χ1v) is 13.4. The Balaban J connectivity index is 0.00000370. The number of imidazole rings is 1. The van der Waals surface area contributed by atoms with E-state index in [-0.39, 0.29) is 58.3 Å². The Morgan fingerprint density at radius 2 is 2.10 bits per heavy atom. The molecule has 2 aliphatic rings. The SMILES string of the molecule is CC(O/N=C(\C(=O)N[C@@H]1C(=O)N2C(C(=O)O)=C(Cn3cc[n+]4ccccc34)CS[C@H]12)c1csc(N)n1)C(=O)O.[NaH]. The van der Waals surface area contributed by atoms with E-state index in [1.54, 1.807) is 0 Å². The molecule has 3 aromatic heterocycles. The number of pyridine rings is 1. The number of thioether (sulfide) groups is 1. The fourth-order valence-corrected chi connectivity index (χ4v) is 6.06. The Morgan fingerprint density at radius 3 is 2.77 bits per heavy atom. The molecule has 204 valence electrons. The van der Waals surface area contributed by atoms with E-state index in [2.05, 4.69) is 15.5 Å². The Bertz CT molecular complexity index is 1570. The number of thiazole rings is 1. The Morgan fingerprint density at radius 1 is 1.32 bits per heavy atom.